The van der Waals surface area contributed by atoms with Gasteiger partial charge in [0.1, 0.15) is 5.75 Å². The lowest BCUT2D eigenvalue weighted by Gasteiger charge is -2.31. The zero-order valence-electron chi connectivity index (χ0n) is 24.1. The Hall–Kier alpha value is -4.13. The van der Waals surface area contributed by atoms with Gasteiger partial charge in [0.2, 0.25) is 11.9 Å². The fourth-order valence-corrected chi connectivity index (χ4v) is 5.00. The lowest BCUT2D eigenvalue weighted by Crippen LogP contribution is -2.36. The van der Waals surface area contributed by atoms with E-state index in [0.717, 1.165) is 29.1 Å². The van der Waals surface area contributed by atoms with Crippen molar-refractivity contribution in [1.29, 1.82) is 0 Å². The summed E-state index contributed by atoms with van der Waals surface area (Å²) in [5.41, 5.74) is 5.17. The summed E-state index contributed by atoms with van der Waals surface area (Å²) in [4.78, 5) is 26.1. The lowest BCUT2D eigenvalue weighted by molar-refractivity contribution is -0.115. The maximum absolute atomic E-state index is 12.6. The number of carbonyl (C=O) groups excluding carboxylic acids is 1. The highest BCUT2D eigenvalue weighted by molar-refractivity contribution is 7.80. The van der Waals surface area contributed by atoms with Crippen molar-refractivity contribution >= 4 is 41.5 Å². The van der Waals surface area contributed by atoms with E-state index in [4.69, 9.17) is 19.6 Å². The van der Waals surface area contributed by atoms with Crippen LogP contribution >= 0.6 is 12.6 Å². The minimum absolute atomic E-state index is 0.115. The predicted molar refractivity (Wildman–Crippen MR) is 168 cm³/mol. The Labute approximate surface area is 251 Å². The van der Waals surface area contributed by atoms with Crippen LogP contribution in [0, 0.1) is 0 Å². The third-order valence-electron chi connectivity index (χ3n) is 6.73. The van der Waals surface area contributed by atoms with Crippen molar-refractivity contribution in [3.63, 3.8) is 0 Å². The van der Waals surface area contributed by atoms with E-state index in [2.05, 4.69) is 50.2 Å². The molecule has 5 rings (SSSR count). The van der Waals surface area contributed by atoms with E-state index >= 15 is 0 Å². The normalized spacial score (nSPS) is 13.3. The molecule has 0 atom stereocenters. The van der Waals surface area contributed by atoms with Gasteiger partial charge in [0, 0.05) is 61.7 Å². The number of nitrogens with one attached hydrogen (secondary N) is 2. The van der Waals surface area contributed by atoms with Gasteiger partial charge in [0.25, 0.3) is 0 Å². The van der Waals surface area contributed by atoms with E-state index in [1.807, 2.05) is 56.7 Å². The molecule has 1 aliphatic heterocycles. The Balaban J connectivity index is 1.48. The van der Waals surface area contributed by atoms with Gasteiger partial charge in [-0.1, -0.05) is 30.3 Å². The third-order valence-corrected chi connectivity index (χ3v) is 6.95. The van der Waals surface area contributed by atoms with Crippen LogP contribution in [0.1, 0.15) is 12.0 Å². The number of amides is 1. The first-order valence-electron chi connectivity index (χ1n) is 13.8. The quantitative estimate of drug-likeness (QED) is 0.222. The molecule has 12 heteroatoms. The molecule has 0 aliphatic carbocycles. The highest BCUT2D eigenvalue weighted by atomic mass is 32.1. The SMILES string of the molecule is COc1cc(N2CCOCC2)c(NC(=O)CCS)cc1Nc1nccc(-n2cc(CN(C)C)c(-c3ccccc3)n2)n1. The summed E-state index contributed by atoms with van der Waals surface area (Å²) < 4.78 is 13.1. The molecule has 1 aliphatic rings. The first kappa shape index (κ1) is 29.4. The van der Waals surface area contributed by atoms with Gasteiger partial charge in [-0.25, -0.2) is 9.67 Å². The average molecular weight is 589 g/mol. The lowest BCUT2D eigenvalue weighted by atomic mass is 10.1. The molecular formula is C30H36N8O3S. The van der Waals surface area contributed by atoms with Gasteiger partial charge < -0.3 is 29.9 Å². The molecule has 1 saturated heterocycles. The van der Waals surface area contributed by atoms with E-state index in [1.165, 1.54) is 0 Å². The number of carbonyl (C=O) groups is 1. The smallest absolute Gasteiger partial charge is 0.229 e. The van der Waals surface area contributed by atoms with Crippen LogP contribution in [0.3, 0.4) is 0 Å². The number of rotatable bonds is 11. The summed E-state index contributed by atoms with van der Waals surface area (Å²) in [6.45, 7) is 3.38. The van der Waals surface area contributed by atoms with Crippen molar-refractivity contribution in [2.24, 2.45) is 0 Å². The summed E-state index contributed by atoms with van der Waals surface area (Å²) in [5, 5.41) is 11.2. The van der Waals surface area contributed by atoms with Crippen LogP contribution < -0.4 is 20.3 Å². The van der Waals surface area contributed by atoms with E-state index < -0.39 is 0 Å². The monoisotopic (exact) mass is 588 g/mol. The molecule has 0 saturated carbocycles. The largest absolute Gasteiger partial charge is 0.494 e. The van der Waals surface area contributed by atoms with Crippen molar-refractivity contribution in [3.05, 3.63) is 66.5 Å². The molecule has 3 heterocycles. The van der Waals surface area contributed by atoms with Crippen LogP contribution in [-0.2, 0) is 16.1 Å². The number of morpholine rings is 1. The second kappa shape index (κ2) is 13.7. The number of hydrogen-bond donors (Lipinski definition) is 3. The maximum Gasteiger partial charge on any atom is 0.229 e. The van der Waals surface area contributed by atoms with Crippen LogP contribution in [0.15, 0.2) is 60.9 Å². The van der Waals surface area contributed by atoms with E-state index in [0.29, 0.717) is 67.4 Å². The Morgan fingerprint density at radius 2 is 1.90 bits per heavy atom. The fraction of sp³-hybridized carbons (Fsp3) is 0.333. The number of ether oxygens (including phenoxy) is 2. The summed E-state index contributed by atoms with van der Waals surface area (Å²) in [7, 11) is 5.68. The highest BCUT2D eigenvalue weighted by Gasteiger charge is 2.21. The fourth-order valence-electron chi connectivity index (χ4n) is 4.80. The van der Waals surface area contributed by atoms with E-state index in [-0.39, 0.29) is 5.91 Å². The third kappa shape index (κ3) is 7.01. The second-order valence-corrected chi connectivity index (χ2v) is 10.6. The second-order valence-electron chi connectivity index (χ2n) is 10.1. The number of nitrogens with zero attached hydrogens (tertiary/aromatic N) is 6. The molecule has 1 amide bonds. The molecule has 4 aromatic rings. The Bertz CT molecular complexity index is 1510. The molecule has 0 spiro atoms. The minimum atomic E-state index is -0.115. The maximum atomic E-state index is 12.6. The average Bonchev–Trinajstić information content (AvgIpc) is 3.41. The van der Waals surface area contributed by atoms with Gasteiger partial charge in [-0.05, 0) is 25.9 Å². The van der Waals surface area contributed by atoms with E-state index in [9.17, 15) is 4.79 Å². The van der Waals surface area contributed by atoms with Gasteiger partial charge >= 0.3 is 0 Å². The van der Waals surface area contributed by atoms with Crippen LogP contribution in [0.5, 0.6) is 5.75 Å². The number of benzene rings is 2. The number of hydrogen-bond acceptors (Lipinski definition) is 10. The first-order chi connectivity index (χ1) is 20.4. The predicted octanol–water partition coefficient (Wildman–Crippen LogP) is 4.24. The van der Waals surface area contributed by atoms with Crippen LogP contribution in [0.4, 0.5) is 23.0 Å². The van der Waals surface area contributed by atoms with Gasteiger partial charge in [0.15, 0.2) is 5.82 Å². The summed E-state index contributed by atoms with van der Waals surface area (Å²) in [5.74, 6) is 1.91. The van der Waals surface area contributed by atoms with Crippen molar-refractivity contribution in [2.45, 2.75) is 13.0 Å². The highest BCUT2D eigenvalue weighted by Crippen LogP contribution is 2.38. The first-order valence-corrected chi connectivity index (χ1v) is 14.4. The molecule has 42 heavy (non-hydrogen) atoms. The van der Waals surface area contributed by atoms with Gasteiger partial charge in [-0.2, -0.15) is 22.7 Å². The molecule has 2 aromatic carbocycles. The van der Waals surface area contributed by atoms with Gasteiger partial charge in [-0.3, -0.25) is 4.79 Å². The summed E-state index contributed by atoms with van der Waals surface area (Å²) in [6, 6.07) is 15.7. The van der Waals surface area contributed by atoms with Crippen molar-refractivity contribution in [2.75, 3.05) is 68.8 Å². The molecule has 2 aromatic heterocycles. The zero-order chi connectivity index (χ0) is 29.5. The van der Waals surface area contributed by atoms with Crippen molar-refractivity contribution in [1.82, 2.24) is 24.6 Å². The van der Waals surface area contributed by atoms with Gasteiger partial charge in [0.05, 0.1) is 43.1 Å². The van der Waals surface area contributed by atoms with Crippen LogP contribution in [0.25, 0.3) is 17.1 Å². The van der Waals surface area contributed by atoms with Crippen molar-refractivity contribution in [3.8, 4) is 22.8 Å². The molecular weight excluding hydrogens is 552 g/mol. The molecule has 0 unspecified atom stereocenters. The zero-order valence-corrected chi connectivity index (χ0v) is 25.0. The number of aromatic nitrogens is 4. The Morgan fingerprint density at radius 3 is 2.62 bits per heavy atom. The molecule has 0 radical (unpaired) electrons. The standard InChI is InChI=1S/C30H36N8O3S/c1-36(2)19-22-20-38(35-29(22)21-7-5-4-6-8-21)27-9-11-31-30(34-27)33-24-17-23(32-28(39)10-16-42)25(18-26(24)40-3)37-12-14-41-15-13-37/h4-9,11,17-18,20,42H,10,12-16,19H2,1-3H3,(H,32,39)(H,31,33,34). The Morgan fingerprint density at radius 1 is 1.12 bits per heavy atom. The topological polar surface area (TPSA) is 110 Å². The van der Waals surface area contributed by atoms with Crippen LogP contribution in [-0.4, -0.2) is 83.8 Å². The summed E-state index contributed by atoms with van der Waals surface area (Å²) >= 11 is 4.21. The van der Waals surface area contributed by atoms with E-state index in [1.54, 1.807) is 18.0 Å². The number of methoxy groups -OCH3 is 1. The molecule has 2 N–H and O–H groups in total. The Kier molecular flexibility index (Phi) is 9.57. The summed E-state index contributed by atoms with van der Waals surface area (Å²) in [6.07, 6.45) is 3.99. The van der Waals surface area contributed by atoms with Crippen LogP contribution in [0.2, 0.25) is 0 Å². The molecule has 220 valence electrons. The molecule has 1 fully saturated rings. The molecule has 11 nitrogen and oxygen atoms in total. The number of thiol groups is 1. The van der Waals surface area contributed by atoms with Gasteiger partial charge in [-0.15, -0.1) is 0 Å². The van der Waals surface area contributed by atoms with Crippen molar-refractivity contribution < 1.29 is 14.3 Å². The molecule has 0 bridgehead atoms. The minimum Gasteiger partial charge on any atom is -0.494 e. The number of anilines is 4.